The van der Waals surface area contributed by atoms with Gasteiger partial charge >= 0.3 is 0 Å². The molecule has 0 spiro atoms. The van der Waals surface area contributed by atoms with Gasteiger partial charge in [0.2, 0.25) is 0 Å². The molecule has 1 N–H and O–H groups in total. The van der Waals surface area contributed by atoms with Gasteiger partial charge in [-0.1, -0.05) is 0 Å². The standard InChI is InChI=1S/C18H18N4O3/c1-21-8-6-19-17(21)12-20-18(23)14-3-2-7-22(14)13-4-5-15-16(11-13)25-10-9-24-15/h2-8,11H,9-10,12H2,1H3,(H,20,23). The highest BCUT2D eigenvalue weighted by atomic mass is 16.6. The van der Waals surface area contributed by atoms with E-state index < -0.39 is 0 Å². The molecule has 4 rings (SSSR count). The topological polar surface area (TPSA) is 70.3 Å². The number of rotatable bonds is 4. The van der Waals surface area contributed by atoms with Crippen molar-refractivity contribution in [3.05, 3.63) is 60.4 Å². The summed E-state index contributed by atoms with van der Waals surface area (Å²) >= 11 is 0. The van der Waals surface area contributed by atoms with E-state index >= 15 is 0 Å². The van der Waals surface area contributed by atoms with Gasteiger partial charge in [-0.15, -0.1) is 0 Å². The number of benzene rings is 1. The molecule has 1 aromatic carbocycles. The second kappa shape index (κ2) is 6.35. The van der Waals surface area contributed by atoms with Crippen LogP contribution in [0.15, 0.2) is 48.9 Å². The number of ether oxygens (including phenoxy) is 2. The predicted molar refractivity (Wildman–Crippen MR) is 91.1 cm³/mol. The number of aromatic nitrogens is 3. The second-order valence-electron chi connectivity index (χ2n) is 5.73. The average Bonchev–Trinajstić information content (AvgIpc) is 3.28. The highest BCUT2D eigenvalue weighted by Crippen LogP contribution is 2.32. The summed E-state index contributed by atoms with van der Waals surface area (Å²) < 4.78 is 14.9. The van der Waals surface area contributed by atoms with Crippen molar-refractivity contribution in [3.8, 4) is 17.2 Å². The number of carbonyl (C=O) groups is 1. The van der Waals surface area contributed by atoms with Gasteiger partial charge < -0.3 is 23.9 Å². The Hall–Kier alpha value is -3.22. The second-order valence-corrected chi connectivity index (χ2v) is 5.73. The SMILES string of the molecule is Cn1ccnc1CNC(=O)c1cccn1-c1ccc2c(c1)OCCO2. The van der Waals surface area contributed by atoms with Crippen molar-refractivity contribution in [2.45, 2.75) is 6.54 Å². The molecule has 25 heavy (non-hydrogen) atoms. The maximum absolute atomic E-state index is 12.6. The summed E-state index contributed by atoms with van der Waals surface area (Å²) in [5.41, 5.74) is 1.39. The Balaban J connectivity index is 1.56. The molecule has 0 atom stereocenters. The van der Waals surface area contributed by atoms with Crippen LogP contribution in [0.1, 0.15) is 16.3 Å². The zero-order chi connectivity index (χ0) is 17.2. The minimum atomic E-state index is -0.164. The lowest BCUT2D eigenvalue weighted by Gasteiger charge is -2.19. The maximum Gasteiger partial charge on any atom is 0.268 e. The Bertz CT molecular complexity index is 913. The van der Waals surface area contributed by atoms with Gasteiger partial charge in [0, 0.05) is 37.4 Å². The van der Waals surface area contributed by atoms with Crippen LogP contribution in [0.2, 0.25) is 0 Å². The summed E-state index contributed by atoms with van der Waals surface area (Å²) in [5.74, 6) is 2.05. The van der Waals surface area contributed by atoms with Gasteiger partial charge in [0.25, 0.3) is 5.91 Å². The molecule has 3 aromatic rings. The van der Waals surface area contributed by atoms with Crippen molar-refractivity contribution < 1.29 is 14.3 Å². The molecule has 128 valence electrons. The van der Waals surface area contributed by atoms with Crippen molar-refractivity contribution in [2.75, 3.05) is 13.2 Å². The first-order valence-corrected chi connectivity index (χ1v) is 8.04. The molecule has 7 nitrogen and oxygen atoms in total. The Morgan fingerprint density at radius 1 is 1.20 bits per heavy atom. The van der Waals surface area contributed by atoms with Crippen molar-refractivity contribution in [3.63, 3.8) is 0 Å². The van der Waals surface area contributed by atoms with E-state index in [9.17, 15) is 4.79 Å². The molecule has 0 fully saturated rings. The third kappa shape index (κ3) is 2.96. The smallest absolute Gasteiger partial charge is 0.268 e. The molecule has 0 radical (unpaired) electrons. The van der Waals surface area contributed by atoms with E-state index in [-0.39, 0.29) is 5.91 Å². The van der Waals surface area contributed by atoms with Crippen LogP contribution in [0, 0.1) is 0 Å². The fraction of sp³-hybridized carbons (Fsp3) is 0.222. The van der Waals surface area contributed by atoms with Crippen LogP contribution in [0.3, 0.4) is 0 Å². The first kappa shape index (κ1) is 15.3. The Morgan fingerprint density at radius 3 is 2.84 bits per heavy atom. The number of carbonyl (C=O) groups excluding carboxylic acids is 1. The van der Waals surface area contributed by atoms with Crippen molar-refractivity contribution in [1.29, 1.82) is 0 Å². The van der Waals surface area contributed by atoms with E-state index in [1.54, 1.807) is 12.3 Å². The fourth-order valence-electron chi connectivity index (χ4n) is 2.79. The number of aryl methyl sites for hydroxylation is 1. The molecule has 0 saturated carbocycles. The van der Waals surface area contributed by atoms with Crippen LogP contribution in [0.5, 0.6) is 11.5 Å². The molecule has 0 aliphatic carbocycles. The summed E-state index contributed by atoms with van der Waals surface area (Å²) in [5, 5.41) is 2.90. The van der Waals surface area contributed by atoms with Crippen LogP contribution in [0.25, 0.3) is 5.69 Å². The predicted octanol–water partition coefficient (Wildman–Crippen LogP) is 1.91. The van der Waals surface area contributed by atoms with E-state index in [2.05, 4.69) is 10.3 Å². The highest BCUT2D eigenvalue weighted by Gasteiger charge is 2.16. The van der Waals surface area contributed by atoms with Gasteiger partial charge in [-0.05, 0) is 24.3 Å². The van der Waals surface area contributed by atoms with Crippen LogP contribution >= 0.6 is 0 Å². The lowest BCUT2D eigenvalue weighted by Crippen LogP contribution is -2.26. The normalized spacial score (nSPS) is 12.8. The summed E-state index contributed by atoms with van der Waals surface area (Å²) in [6.45, 7) is 1.45. The summed E-state index contributed by atoms with van der Waals surface area (Å²) in [6.07, 6.45) is 5.40. The van der Waals surface area contributed by atoms with E-state index in [1.807, 2.05) is 52.8 Å². The maximum atomic E-state index is 12.6. The molecule has 0 unspecified atom stereocenters. The van der Waals surface area contributed by atoms with Crippen LogP contribution in [-0.2, 0) is 13.6 Å². The number of amides is 1. The minimum Gasteiger partial charge on any atom is -0.486 e. The number of fused-ring (bicyclic) bond motifs is 1. The number of hydrogen-bond donors (Lipinski definition) is 1. The molecule has 0 saturated heterocycles. The number of hydrogen-bond acceptors (Lipinski definition) is 4. The van der Waals surface area contributed by atoms with E-state index in [0.29, 0.717) is 31.2 Å². The summed E-state index contributed by atoms with van der Waals surface area (Å²) in [7, 11) is 1.90. The Labute approximate surface area is 144 Å². The van der Waals surface area contributed by atoms with E-state index in [4.69, 9.17) is 9.47 Å². The van der Waals surface area contributed by atoms with Gasteiger partial charge in [0.1, 0.15) is 24.7 Å². The zero-order valence-electron chi connectivity index (χ0n) is 13.8. The molecule has 1 amide bonds. The van der Waals surface area contributed by atoms with Gasteiger partial charge in [-0.3, -0.25) is 4.79 Å². The van der Waals surface area contributed by atoms with Crippen LogP contribution in [0.4, 0.5) is 0 Å². The van der Waals surface area contributed by atoms with Gasteiger partial charge in [-0.2, -0.15) is 0 Å². The lowest BCUT2D eigenvalue weighted by atomic mass is 10.2. The first-order valence-electron chi connectivity index (χ1n) is 8.04. The van der Waals surface area contributed by atoms with E-state index in [0.717, 1.165) is 17.3 Å². The van der Waals surface area contributed by atoms with Crippen LogP contribution < -0.4 is 14.8 Å². The van der Waals surface area contributed by atoms with Crippen molar-refractivity contribution >= 4 is 5.91 Å². The molecule has 3 heterocycles. The van der Waals surface area contributed by atoms with Crippen molar-refractivity contribution in [1.82, 2.24) is 19.4 Å². The number of imidazole rings is 1. The molecule has 1 aliphatic rings. The number of nitrogens with zero attached hydrogens (tertiary/aromatic N) is 3. The monoisotopic (exact) mass is 338 g/mol. The summed E-state index contributed by atoms with van der Waals surface area (Å²) in [6, 6.07) is 9.27. The molecular formula is C18H18N4O3. The van der Waals surface area contributed by atoms with E-state index in [1.165, 1.54) is 0 Å². The minimum absolute atomic E-state index is 0.164. The molecule has 0 bridgehead atoms. The van der Waals surface area contributed by atoms with Crippen LogP contribution in [-0.4, -0.2) is 33.2 Å². The third-order valence-electron chi connectivity index (χ3n) is 4.11. The Kier molecular flexibility index (Phi) is 3.89. The largest absolute Gasteiger partial charge is 0.486 e. The first-order chi connectivity index (χ1) is 12.2. The van der Waals surface area contributed by atoms with Gasteiger partial charge in [0.05, 0.1) is 6.54 Å². The van der Waals surface area contributed by atoms with Gasteiger partial charge in [0.15, 0.2) is 11.5 Å². The van der Waals surface area contributed by atoms with Crippen molar-refractivity contribution in [2.24, 2.45) is 7.05 Å². The molecule has 7 heteroatoms. The zero-order valence-corrected chi connectivity index (χ0v) is 13.8. The molecule has 2 aromatic heterocycles. The Morgan fingerprint density at radius 2 is 2.04 bits per heavy atom. The molecular weight excluding hydrogens is 320 g/mol. The highest BCUT2D eigenvalue weighted by molar-refractivity contribution is 5.93. The third-order valence-corrected chi connectivity index (χ3v) is 4.11. The summed E-state index contributed by atoms with van der Waals surface area (Å²) in [4.78, 5) is 16.8. The fourth-order valence-corrected chi connectivity index (χ4v) is 2.79. The van der Waals surface area contributed by atoms with Gasteiger partial charge in [-0.25, -0.2) is 4.98 Å². The lowest BCUT2D eigenvalue weighted by molar-refractivity contribution is 0.0943. The number of nitrogens with one attached hydrogen (secondary N) is 1. The quantitative estimate of drug-likeness (QED) is 0.789. The molecule has 1 aliphatic heterocycles. The average molecular weight is 338 g/mol.